The van der Waals surface area contributed by atoms with E-state index in [4.69, 9.17) is 0 Å². The van der Waals surface area contributed by atoms with E-state index in [0.717, 1.165) is 19.3 Å². The summed E-state index contributed by atoms with van der Waals surface area (Å²) in [5.74, 6) is 3.26. The molecule has 0 aromatic rings. The van der Waals surface area contributed by atoms with Gasteiger partial charge in [0.1, 0.15) is 12.5 Å². The third-order valence-electron chi connectivity index (χ3n) is 8.33. The van der Waals surface area contributed by atoms with Crippen LogP contribution < -0.4 is 0 Å². The molecule has 4 aliphatic rings. The molecule has 0 spiro atoms. The number of alkyl halides is 1. The number of hydrogen-bond donors (Lipinski definition) is 1. The standard InChI is InChI=1S/C21H31FO2/c1-13(23)18-5-6-19-17-4-3-14-11-21(24,12-22)10-8-15(14)16(17)7-9-20(18,19)2/h3,15-19,24H,4-12H2,1-2H3/t15-,16+,17+,18+,19-,20+,21+/m0/s1. The maximum atomic E-state index is 13.2. The lowest BCUT2D eigenvalue weighted by atomic mass is 9.51. The van der Waals surface area contributed by atoms with Crippen LogP contribution in [0.4, 0.5) is 4.39 Å². The normalized spacial score (nSPS) is 50.5. The van der Waals surface area contributed by atoms with Gasteiger partial charge in [0.05, 0.1) is 5.60 Å². The van der Waals surface area contributed by atoms with Gasteiger partial charge in [-0.15, -0.1) is 0 Å². The topological polar surface area (TPSA) is 37.3 Å². The molecule has 0 aromatic heterocycles. The molecule has 0 radical (unpaired) electrons. The van der Waals surface area contributed by atoms with E-state index >= 15 is 0 Å². The van der Waals surface area contributed by atoms with Crippen molar-refractivity contribution in [2.45, 2.75) is 70.8 Å². The van der Waals surface area contributed by atoms with Crippen LogP contribution in [0, 0.1) is 35.0 Å². The average molecular weight is 334 g/mol. The first-order valence-electron chi connectivity index (χ1n) is 9.86. The molecule has 0 aliphatic heterocycles. The Balaban J connectivity index is 1.59. The van der Waals surface area contributed by atoms with E-state index < -0.39 is 12.3 Å². The summed E-state index contributed by atoms with van der Waals surface area (Å²) < 4.78 is 13.2. The van der Waals surface area contributed by atoms with Crippen LogP contribution in [0.25, 0.3) is 0 Å². The Morgan fingerprint density at radius 3 is 2.75 bits per heavy atom. The van der Waals surface area contributed by atoms with Crippen molar-refractivity contribution in [2.75, 3.05) is 6.67 Å². The number of halogens is 1. The molecule has 24 heavy (non-hydrogen) atoms. The molecule has 3 heteroatoms. The number of aliphatic hydroxyl groups is 1. The van der Waals surface area contributed by atoms with Gasteiger partial charge in [-0.25, -0.2) is 4.39 Å². The van der Waals surface area contributed by atoms with Crippen LogP contribution in [0.1, 0.15) is 65.2 Å². The van der Waals surface area contributed by atoms with Crippen molar-refractivity contribution in [3.8, 4) is 0 Å². The summed E-state index contributed by atoms with van der Waals surface area (Å²) >= 11 is 0. The molecule has 4 aliphatic carbocycles. The molecule has 0 unspecified atom stereocenters. The molecular weight excluding hydrogens is 303 g/mol. The summed E-state index contributed by atoms with van der Waals surface area (Å²) in [5.41, 5.74) is 0.422. The largest absolute Gasteiger partial charge is 0.387 e. The number of fused-ring (bicyclic) bond motifs is 5. The Morgan fingerprint density at radius 1 is 1.25 bits per heavy atom. The third kappa shape index (κ3) is 2.34. The van der Waals surface area contributed by atoms with Crippen molar-refractivity contribution < 1.29 is 14.3 Å². The van der Waals surface area contributed by atoms with E-state index in [9.17, 15) is 14.3 Å². The number of Topliss-reactive ketones (excluding diaryl/α,β-unsaturated/α-hetero) is 1. The molecule has 0 heterocycles. The Kier molecular flexibility index (Phi) is 3.95. The van der Waals surface area contributed by atoms with Gasteiger partial charge in [0.2, 0.25) is 0 Å². The fraction of sp³-hybridized carbons (Fsp3) is 0.857. The second kappa shape index (κ2) is 5.65. The average Bonchev–Trinajstić information content (AvgIpc) is 2.91. The van der Waals surface area contributed by atoms with Crippen molar-refractivity contribution in [1.29, 1.82) is 0 Å². The minimum Gasteiger partial charge on any atom is -0.387 e. The summed E-state index contributed by atoms with van der Waals surface area (Å²) in [6, 6.07) is 0. The zero-order valence-corrected chi connectivity index (χ0v) is 15.1. The van der Waals surface area contributed by atoms with E-state index in [-0.39, 0.29) is 11.3 Å². The van der Waals surface area contributed by atoms with Crippen molar-refractivity contribution in [1.82, 2.24) is 0 Å². The molecule has 3 fully saturated rings. The number of carbonyl (C=O) groups is 1. The summed E-state index contributed by atoms with van der Waals surface area (Å²) in [7, 11) is 0. The fourth-order valence-corrected chi connectivity index (χ4v) is 7.15. The van der Waals surface area contributed by atoms with Gasteiger partial charge < -0.3 is 5.11 Å². The molecule has 0 aromatic carbocycles. The molecular formula is C21H31FO2. The number of ketones is 1. The highest BCUT2D eigenvalue weighted by molar-refractivity contribution is 5.79. The third-order valence-corrected chi connectivity index (χ3v) is 8.33. The number of hydrogen-bond acceptors (Lipinski definition) is 2. The lowest BCUT2D eigenvalue weighted by molar-refractivity contribution is -0.126. The van der Waals surface area contributed by atoms with Crippen LogP contribution in [0.2, 0.25) is 0 Å². The summed E-state index contributed by atoms with van der Waals surface area (Å²) in [6.45, 7) is 3.53. The van der Waals surface area contributed by atoms with Gasteiger partial charge in [-0.05, 0) is 87.4 Å². The monoisotopic (exact) mass is 334 g/mol. The van der Waals surface area contributed by atoms with E-state index in [1.165, 1.54) is 24.8 Å². The van der Waals surface area contributed by atoms with Crippen molar-refractivity contribution in [3.05, 3.63) is 11.6 Å². The highest BCUT2D eigenvalue weighted by atomic mass is 19.1. The highest BCUT2D eigenvalue weighted by Crippen LogP contribution is 2.63. The lowest BCUT2D eigenvalue weighted by Crippen LogP contribution is -2.48. The minimum absolute atomic E-state index is 0.201. The van der Waals surface area contributed by atoms with Crippen LogP contribution in [0.15, 0.2) is 11.6 Å². The Morgan fingerprint density at radius 2 is 2.04 bits per heavy atom. The predicted octanol–water partition coefficient (Wildman–Crippen LogP) is 4.46. The molecule has 0 bridgehead atoms. The van der Waals surface area contributed by atoms with Gasteiger partial charge in [-0.2, -0.15) is 0 Å². The minimum atomic E-state index is -1.11. The molecule has 1 N–H and O–H groups in total. The van der Waals surface area contributed by atoms with Gasteiger partial charge >= 0.3 is 0 Å². The quantitative estimate of drug-likeness (QED) is 0.757. The van der Waals surface area contributed by atoms with Crippen molar-refractivity contribution in [2.24, 2.45) is 35.0 Å². The van der Waals surface area contributed by atoms with E-state index in [1.807, 2.05) is 0 Å². The van der Waals surface area contributed by atoms with Gasteiger partial charge in [-0.3, -0.25) is 4.79 Å². The second-order valence-electron chi connectivity index (χ2n) is 9.41. The first-order valence-corrected chi connectivity index (χ1v) is 9.86. The Bertz CT molecular complexity index is 570. The maximum Gasteiger partial charge on any atom is 0.133 e. The van der Waals surface area contributed by atoms with Gasteiger partial charge in [0.15, 0.2) is 0 Å². The predicted molar refractivity (Wildman–Crippen MR) is 92.2 cm³/mol. The first-order chi connectivity index (χ1) is 11.4. The van der Waals surface area contributed by atoms with E-state index in [1.54, 1.807) is 6.92 Å². The highest BCUT2D eigenvalue weighted by Gasteiger charge is 2.57. The summed E-state index contributed by atoms with van der Waals surface area (Å²) in [5, 5.41) is 10.3. The van der Waals surface area contributed by atoms with E-state index in [0.29, 0.717) is 42.3 Å². The Hall–Kier alpha value is -0.700. The van der Waals surface area contributed by atoms with Crippen LogP contribution >= 0.6 is 0 Å². The maximum absolute atomic E-state index is 13.2. The molecule has 2 nitrogen and oxygen atoms in total. The number of rotatable bonds is 2. The van der Waals surface area contributed by atoms with Crippen LogP contribution in [-0.2, 0) is 4.79 Å². The zero-order chi connectivity index (χ0) is 17.1. The molecule has 7 atom stereocenters. The molecule has 0 saturated heterocycles. The fourth-order valence-electron chi connectivity index (χ4n) is 7.15. The summed E-state index contributed by atoms with van der Waals surface area (Å²) in [6.07, 6.45) is 10.1. The van der Waals surface area contributed by atoms with Crippen LogP contribution in [0.5, 0.6) is 0 Å². The molecule has 4 rings (SSSR count). The summed E-state index contributed by atoms with van der Waals surface area (Å²) in [4.78, 5) is 12.1. The van der Waals surface area contributed by atoms with Crippen molar-refractivity contribution >= 4 is 5.78 Å². The number of carbonyl (C=O) groups excluding carboxylic acids is 1. The second-order valence-corrected chi connectivity index (χ2v) is 9.41. The first kappa shape index (κ1) is 16.8. The zero-order valence-electron chi connectivity index (χ0n) is 15.1. The van der Waals surface area contributed by atoms with Crippen molar-refractivity contribution in [3.63, 3.8) is 0 Å². The van der Waals surface area contributed by atoms with E-state index in [2.05, 4.69) is 13.0 Å². The molecule has 3 saturated carbocycles. The smallest absolute Gasteiger partial charge is 0.133 e. The van der Waals surface area contributed by atoms with Crippen LogP contribution in [-0.4, -0.2) is 23.2 Å². The SMILES string of the molecule is CC(=O)[C@H]1CC[C@H]2[C@@H]3CC=C4C[C@@](O)(CF)CC[C@@H]4[C@H]3CC[C@]12C. The van der Waals surface area contributed by atoms with Crippen LogP contribution in [0.3, 0.4) is 0 Å². The molecule has 0 amide bonds. The van der Waals surface area contributed by atoms with Gasteiger partial charge in [0.25, 0.3) is 0 Å². The lowest BCUT2D eigenvalue weighted by Gasteiger charge is -2.54. The Labute approximate surface area is 144 Å². The molecule has 134 valence electrons. The van der Waals surface area contributed by atoms with Gasteiger partial charge in [0, 0.05) is 5.92 Å². The van der Waals surface area contributed by atoms with Gasteiger partial charge in [-0.1, -0.05) is 18.6 Å². The number of allylic oxidation sites excluding steroid dienone is 1.